The molecule has 0 saturated heterocycles. The van der Waals surface area contributed by atoms with Crippen LogP contribution in [0.2, 0.25) is 5.02 Å². The zero-order valence-electron chi connectivity index (χ0n) is 16.5. The second-order valence-electron chi connectivity index (χ2n) is 7.25. The van der Waals surface area contributed by atoms with Gasteiger partial charge in [0.15, 0.2) is 8.45 Å². The van der Waals surface area contributed by atoms with Crippen LogP contribution in [0.5, 0.6) is 0 Å². The summed E-state index contributed by atoms with van der Waals surface area (Å²) in [6, 6.07) is 9.61. The Kier molecular flexibility index (Phi) is 9.19. The van der Waals surface area contributed by atoms with Crippen LogP contribution in [0, 0.1) is 0 Å². The van der Waals surface area contributed by atoms with E-state index in [2.05, 4.69) is 64.7 Å². The monoisotopic (exact) mass is 372 g/mol. The van der Waals surface area contributed by atoms with E-state index in [1.807, 2.05) is 24.3 Å². The van der Waals surface area contributed by atoms with Gasteiger partial charge < -0.3 is 4.52 Å². The largest absolute Gasteiger partial charge is 0.326 e. The predicted molar refractivity (Wildman–Crippen MR) is 107 cm³/mol. The van der Waals surface area contributed by atoms with Gasteiger partial charge in [-0.05, 0) is 67.0 Å². The van der Waals surface area contributed by atoms with E-state index in [1.165, 1.54) is 0 Å². The zero-order chi connectivity index (χ0) is 18.4. The first kappa shape index (κ1) is 21.9. The second kappa shape index (κ2) is 10.1. The van der Waals surface area contributed by atoms with Crippen molar-refractivity contribution in [3.63, 3.8) is 0 Å². The lowest BCUT2D eigenvalue weighted by atomic mass is 10.2. The summed E-state index contributed by atoms with van der Waals surface area (Å²) in [5.74, 6) is 0. The molecule has 0 amide bonds. The summed E-state index contributed by atoms with van der Waals surface area (Å²) in [5, 5.41) is 0.772. The molecule has 0 spiro atoms. The van der Waals surface area contributed by atoms with Gasteiger partial charge in [-0.3, -0.25) is 0 Å². The van der Waals surface area contributed by atoms with Crippen LogP contribution in [-0.2, 0) is 11.1 Å². The van der Waals surface area contributed by atoms with E-state index >= 15 is 0 Å². The third kappa shape index (κ3) is 5.97. The van der Waals surface area contributed by atoms with Gasteiger partial charge in [0.1, 0.15) is 0 Å². The van der Waals surface area contributed by atoms with Crippen LogP contribution in [0.15, 0.2) is 24.3 Å². The maximum atomic E-state index is 6.51. The van der Waals surface area contributed by atoms with Gasteiger partial charge in [-0.25, -0.2) is 9.34 Å². The van der Waals surface area contributed by atoms with Crippen molar-refractivity contribution < 1.29 is 4.52 Å². The van der Waals surface area contributed by atoms with E-state index in [9.17, 15) is 0 Å². The average molecular weight is 373 g/mol. The Labute approximate surface area is 155 Å². The minimum atomic E-state index is -0.873. The van der Waals surface area contributed by atoms with Gasteiger partial charge in [0.05, 0.1) is 6.61 Å². The fourth-order valence-corrected chi connectivity index (χ4v) is 5.51. The molecule has 24 heavy (non-hydrogen) atoms. The van der Waals surface area contributed by atoms with Crippen molar-refractivity contribution in [1.82, 2.24) is 9.34 Å². The molecule has 1 aromatic carbocycles. The Morgan fingerprint density at radius 1 is 0.833 bits per heavy atom. The van der Waals surface area contributed by atoms with Crippen molar-refractivity contribution in [3.8, 4) is 0 Å². The Balaban J connectivity index is 3.10. The Bertz CT molecular complexity index is 458. The zero-order valence-corrected chi connectivity index (χ0v) is 18.1. The molecule has 1 aromatic rings. The van der Waals surface area contributed by atoms with Gasteiger partial charge in [0, 0.05) is 29.2 Å². The Morgan fingerprint density at radius 3 is 1.62 bits per heavy atom. The Morgan fingerprint density at radius 2 is 1.25 bits per heavy atom. The number of rotatable bonds is 9. The molecule has 0 radical (unpaired) electrons. The minimum Gasteiger partial charge on any atom is -0.326 e. The summed E-state index contributed by atoms with van der Waals surface area (Å²) in [6.45, 7) is 18.5. The van der Waals surface area contributed by atoms with E-state index in [-0.39, 0.29) is 0 Å². The van der Waals surface area contributed by atoms with Crippen LogP contribution in [0.25, 0.3) is 0 Å². The highest BCUT2D eigenvalue weighted by molar-refractivity contribution is 7.47. The Hall–Kier alpha value is -0.180. The second-order valence-corrected chi connectivity index (χ2v) is 9.35. The first-order valence-corrected chi connectivity index (χ1v) is 10.4. The smallest absolute Gasteiger partial charge is 0.189 e. The lowest BCUT2D eigenvalue weighted by molar-refractivity contribution is 0.182. The van der Waals surface area contributed by atoms with Crippen LogP contribution < -0.4 is 0 Å². The average Bonchev–Trinajstić information content (AvgIpc) is 2.44. The van der Waals surface area contributed by atoms with Gasteiger partial charge in [0.2, 0.25) is 0 Å². The van der Waals surface area contributed by atoms with E-state index in [1.54, 1.807) is 0 Å². The summed E-state index contributed by atoms with van der Waals surface area (Å²) in [5.41, 5.74) is 1.05. The molecule has 0 aliphatic rings. The van der Waals surface area contributed by atoms with Crippen LogP contribution in [0.1, 0.15) is 61.0 Å². The number of hydrogen-bond donors (Lipinski definition) is 0. The van der Waals surface area contributed by atoms with Crippen LogP contribution in [0.3, 0.4) is 0 Å². The highest BCUT2D eigenvalue weighted by Gasteiger charge is 2.34. The molecule has 0 N–H and O–H groups in total. The number of halogens is 1. The van der Waals surface area contributed by atoms with Gasteiger partial charge in [-0.15, -0.1) is 0 Å². The van der Waals surface area contributed by atoms with Crippen molar-refractivity contribution in [2.45, 2.75) is 86.2 Å². The van der Waals surface area contributed by atoms with Crippen LogP contribution in [0.4, 0.5) is 0 Å². The van der Waals surface area contributed by atoms with Crippen molar-refractivity contribution in [3.05, 3.63) is 34.9 Å². The van der Waals surface area contributed by atoms with E-state index < -0.39 is 8.45 Å². The maximum Gasteiger partial charge on any atom is 0.189 e. The normalized spacial score (nSPS) is 12.8. The molecule has 0 aromatic heterocycles. The molecule has 0 saturated carbocycles. The van der Waals surface area contributed by atoms with E-state index in [4.69, 9.17) is 16.1 Å². The SMILES string of the molecule is CC(C)N(C(C)C)P(OCc1ccccc1Cl)N(C(C)C)C(C)C. The van der Waals surface area contributed by atoms with Gasteiger partial charge in [-0.2, -0.15) is 0 Å². The third-order valence-electron chi connectivity index (χ3n) is 3.80. The van der Waals surface area contributed by atoms with E-state index in [0.717, 1.165) is 10.6 Å². The summed E-state index contributed by atoms with van der Waals surface area (Å²) < 4.78 is 11.5. The summed E-state index contributed by atoms with van der Waals surface area (Å²) in [6.07, 6.45) is 0. The van der Waals surface area contributed by atoms with Crippen molar-refractivity contribution in [2.75, 3.05) is 0 Å². The molecule has 1 rings (SSSR count). The predicted octanol–water partition coefficient (Wildman–Crippen LogP) is 6.32. The fraction of sp³-hybridized carbons (Fsp3) is 0.684. The highest BCUT2D eigenvalue weighted by atomic mass is 35.5. The fourth-order valence-electron chi connectivity index (χ4n) is 2.98. The molecular weight excluding hydrogens is 339 g/mol. The van der Waals surface area contributed by atoms with Crippen molar-refractivity contribution in [2.24, 2.45) is 0 Å². The molecule has 0 fully saturated rings. The minimum absolute atomic E-state index is 0.419. The molecule has 5 heteroatoms. The quantitative estimate of drug-likeness (QED) is 0.471. The lowest BCUT2D eigenvalue weighted by Crippen LogP contribution is -2.43. The van der Waals surface area contributed by atoms with Crippen LogP contribution in [-0.4, -0.2) is 33.5 Å². The molecular formula is C19H34ClN2OP. The molecule has 0 aliphatic heterocycles. The number of nitrogens with zero attached hydrogens (tertiary/aromatic N) is 2. The standard InChI is InChI=1S/C19H34ClN2OP/c1-14(2)21(15(3)4)24(22(16(5)6)17(7)8)23-13-18-11-9-10-12-19(18)20/h9-12,14-17H,13H2,1-8H3. The molecule has 0 bridgehead atoms. The molecule has 0 heterocycles. The first-order chi connectivity index (χ1) is 11.2. The molecule has 0 atom stereocenters. The maximum absolute atomic E-state index is 6.51. The van der Waals surface area contributed by atoms with Crippen LogP contribution >= 0.6 is 20.1 Å². The number of benzene rings is 1. The summed E-state index contributed by atoms with van der Waals surface area (Å²) >= 11 is 6.32. The van der Waals surface area contributed by atoms with Gasteiger partial charge >= 0.3 is 0 Å². The molecule has 138 valence electrons. The summed E-state index contributed by atoms with van der Waals surface area (Å²) in [4.78, 5) is 0. The highest BCUT2D eigenvalue weighted by Crippen LogP contribution is 2.51. The lowest BCUT2D eigenvalue weighted by Gasteiger charge is -2.45. The summed E-state index contributed by atoms with van der Waals surface area (Å²) in [7, 11) is -0.873. The van der Waals surface area contributed by atoms with Gasteiger partial charge in [0.25, 0.3) is 0 Å². The van der Waals surface area contributed by atoms with Crippen molar-refractivity contribution in [1.29, 1.82) is 0 Å². The van der Waals surface area contributed by atoms with E-state index in [0.29, 0.717) is 30.8 Å². The number of hydrogen-bond acceptors (Lipinski definition) is 3. The molecule has 0 unspecified atom stereocenters. The molecule has 0 aliphatic carbocycles. The van der Waals surface area contributed by atoms with Gasteiger partial charge in [-0.1, -0.05) is 29.8 Å². The first-order valence-electron chi connectivity index (χ1n) is 8.89. The third-order valence-corrected chi connectivity index (χ3v) is 7.17. The van der Waals surface area contributed by atoms with Crippen molar-refractivity contribution >= 4 is 20.1 Å². The molecule has 3 nitrogen and oxygen atoms in total. The topological polar surface area (TPSA) is 15.7 Å².